The van der Waals surface area contributed by atoms with E-state index < -0.39 is 0 Å². The predicted octanol–water partition coefficient (Wildman–Crippen LogP) is 5.82. The Morgan fingerprint density at radius 1 is 0.628 bits per heavy atom. The number of benzene rings is 2. The third kappa shape index (κ3) is 8.53. The Bertz CT molecular complexity index is 1410. The highest BCUT2D eigenvalue weighted by molar-refractivity contribution is 5.83. The molecule has 43 heavy (non-hydrogen) atoms. The summed E-state index contributed by atoms with van der Waals surface area (Å²) in [6.07, 6.45) is 6.42. The minimum atomic E-state index is 0.0915. The summed E-state index contributed by atoms with van der Waals surface area (Å²) in [5.41, 5.74) is 5.14. The summed E-state index contributed by atoms with van der Waals surface area (Å²) in [7, 11) is 3.24. The molecular formula is C35H38N4O4. The second kappa shape index (κ2) is 14.6. The van der Waals surface area contributed by atoms with E-state index in [0.29, 0.717) is 24.2 Å². The molecule has 0 saturated heterocycles. The first-order chi connectivity index (χ1) is 21.0. The van der Waals surface area contributed by atoms with Gasteiger partial charge in [-0.05, 0) is 78.9 Å². The lowest BCUT2D eigenvalue weighted by Gasteiger charge is -2.19. The highest BCUT2D eigenvalue weighted by Gasteiger charge is 2.25. The lowest BCUT2D eigenvalue weighted by atomic mass is 9.88. The van der Waals surface area contributed by atoms with Crippen LogP contribution in [0.15, 0.2) is 72.8 Å². The molecule has 2 aromatic heterocycles. The molecule has 1 aliphatic rings. The number of ether oxygens (including phenoxy) is 2. The highest BCUT2D eigenvalue weighted by Crippen LogP contribution is 2.38. The Kier molecular flexibility index (Phi) is 10.2. The summed E-state index contributed by atoms with van der Waals surface area (Å²) in [5, 5.41) is 17.9. The van der Waals surface area contributed by atoms with Crippen molar-refractivity contribution in [3.8, 4) is 11.5 Å². The van der Waals surface area contributed by atoms with Gasteiger partial charge >= 0.3 is 0 Å². The van der Waals surface area contributed by atoms with Gasteiger partial charge in [-0.25, -0.2) is 0 Å². The van der Waals surface area contributed by atoms with E-state index in [0.717, 1.165) is 66.1 Å². The van der Waals surface area contributed by atoms with Crippen LogP contribution in [0, 0.1) is 0 Å². The van der Waals surface area contributed by atoms with E-state index in [4.69, 9.17) is 9.47 Å². The lowest BCUT2D eigenvalue weighted by Crippen LogP contribution is -2.12. The van der Waals surface area contributed by atoms with E-state index in [1.54, 1.807) is 14.2 Å². The summed E-state index contributed by atoms with van der Waals surface area (Å²) in [6.45, 7) is 0. The van der Waals surface area contributed by atoms with Gasteiger partial charge in [-0.1, -0.05) is 37.1 Å². The van der Waals surface area contributed by atoms with E-state index in [1.807, 2.05) is 72.8 Å². The molecule has 0 N–H and O–H groups in total. The average molecular weight is 579 g/mol. The van der Waals surface area contributed by atoms with Gasteiger partial charge in [0.25, 0.3) is 0 Å². The SMILES string of the molecule is COc1cccc(CC(=O)Cc2ccc([C@H]3CCCC[C@H](c4ccc(CC(=O)Cc5cccc(OC)c5)nn4)C3)nn2)c1. The van der Waals surface area contributed by atoms with Gasteiger partial charge in [0.15, 0.2) is 0 Å². The molecule has 0 unspecified atom stereocenters. The first kappa shape index (κ1) is 30.0. The number of aromatic nitrogens is 4. The van der Waals surface area contributed by atoms with Crippen molar-refractivity contribution in [3.05, 3.63) is 107 Å². The number of methoxy groups -OCH3 is 2. The molecule has 1 saturated carbocycles. The predicted molar refractivity (Wildman–Crippen MR) is 163 cm³/mol. The molecule has 1 aliphatic carbocycles. The van der Waals surface area contributed by atoms with Crippen molar-refractivity contribution in [1.29, 1.82) is 0 Å². The molecule has 4 aromatic rings. The average Bonchev–Trinajstić information content (AvgIpc) is 3.28. The molecule has 2 aromatic carbocycles. The molecule has 2 heterocycles. The maximum atomic E-state index is 12.7. The van der Waals surface area contributed by atoms with E-state index in [2.05, 4.69) is 20.4 Å². The molecule has 0 bridgehead atoms. The van der Waals surface area contributed by atoms with Crippen LogP contribution in [-0.2, 0) is 35.3 Å². The van der Waals surface area contributed by atoms with Crippen molar-refractivity contribution in [2.45, 2.75) is 69.6 Å². The summed E-state index contributed by atoms with van der Waals surface area (Å²) in [6, 6.07) is 23.1. The lowest BCUT2D eigenvalue weighted by molar-refractivity contribution is -0.118. The van der Waals surface area contributed by atoms with E-state index in [1.165, 1.54) is 0 Å². The second-order valence-corrected chi connectivity index (χ2v) is 11.3. The Morgan fingerprint density at radius 3 is 1.49 bits per heavy atom. The molecule has 1 fully saturated rings. The Hall–Kier alpha value is -4.46. The Labute approximate surface area is 252 Å². The summed E-state index contributed by atoms with van der Waals surface area (Å²) < 4.78 is 10.5. The zero-order chi connectivity index (χ0) is 30.0. The molecule has 0 aliphatic heterocycles. The first-order valence-corrected chi connectivity index (χ1v) is 14.9. The molecule has 222 valence electrons. The topological polar surface area (TPSA) is 104 Å². The number of ketones is 2. The molecule has 2 atom stereocenters. The van der Waals surface area contributed by atoms with Gasteiger partial charge in [-0.2, -0.15) is 20.4 Å². The summed E-state index contributed by atoms with van der Waals surface area (Å²) >= 11 is 0. The van der Waals surface area contributed by atoms with Crippen LogP contribution in [0.25, 0.3) is 0 Å². The van der Waals surface area contributed by atoms with Crippen molar-refractivity contribution in [3.63, 3.8) is 0 Å². The number of carbonyl (C=O) groups is 2. The second-order valence-electron chi connectivity index (χ2n) is 11.3. The van der Waals surface area contributed by atoms with Crippen LogP contribution in [0.5, 0.6) is 11.5 Å². The van der Waals surface area contributed by atoms with Gasteiger partial charge in [0, 0.05) is 24.7 Å². The molecule has 8 nitrogen and oxygen atoms in total. The van der Waals surface area contributed by atoms with Gasteiger partial charge in [-0.15, -0.1) is 0 Å². The van der Waals surface area contributed by atoms with E-state index in [9.17, 15) is 9.59 Å². The van der Waals surface area contributed by atoms with E-state index >= 15 is 0 Å². The minimum absolute atomic E-state index is 0.0915. The van der Waals surface area contributed by atoms with Crippen LogP contribution in [-0.4, -0.2) is 46.2 Å². The number of carbonyl (C=O) groups excluding carboxylic acids is 2. The van der Waals surface area contributed by atoms with Gasteiger partial charge in [0.2, 0.25) is 0 Å². The van der Waals surface area contributed by atoms with Gasteiger partial charge < -0.3 is 9.47 Å². The number of hydrogen-bond donors (Lipinski definition) is 0. The van der Waals surface area contributed by atoms with Crippen LogP contribution >= 0.6 is 0 Å². The normalized spacial score (nSPS) is 16.7. The smallest absolute Gasteiger partial charge is 0.143 e. The van der Waals surface area contributed by atoms with Crippen molar-refractivity contribution in [2.24, 2.45) is 0 Å². The van der Waals surface area contributed by atoms with Crippen LogP contribution < -0.4 is 9.47 Å². The quantitative estimate of drug-likeness (QED) is 0.194. The van der Waals surface area contributed by atoms with Crippen molar-refractivity contribution in [1.82, 2.24) is 20.4 Å². The first-order valence-electron chi connectivity index (χ1n) is 14.9. The molecule has 0 spiro atoms. The molecule has 8 heteroatoms. The summed E-state index contributed by atoms with van der Waals surface area (Å²) in [5.74, 6) is 2.21. The Morgan fingerprint density at radius 2 is 1.09 bits per heavy atom. The minimum Gasteiger partial charge on any atom is -0.497 e. The Balaban J connectivity index is 1.16. The molecular weight excluding hydrogens is 540 g/mol. The zero-order valence-corrected chi connectivity index (χ0v) is 24.9. The zero-order valence-electron chi connectivity index (χ0n) is 24.9. The molecule has 0 radical (unpaired) electrons. The van der Waals surface area contributed by atoms with Crippen LogP contribution in [0.4, 0.5) is 0 Å². The third-order valence-electron chi connectivity index (χ3n) is 8.07. The summed E-state index contributed by atoms with van der Waals surface area (Å²) in [4.78, 5) is 25.3. The number of Topliss-reactive ketones (excluding diaryl/α,β-unsaturated/α-hetero) is 2. The number of rotatable bonds is 12. The van der Waals surface area contributed by atoms with Crippen molar-refractivity contribution >= 4 is 11.6 Å². The number of nitrogens with zero attached hydrogens (tertiary/aromatic N) is 4. The van der Waals surface area contributed by atoms with Gasteiger partial charge in [0.1, 0.15) is 23.1 Å². The number of hydrogen-bond acceptors (Lipinski definition) is 8. The maximum absolute atomic E-state index is 12.7. The van der Waals surface area contributed by atoms with Crippen LogP contribution in [0.2, 0.25) is 0 Å². The van der Waals surface area contributed by atoms with Crippen molar-refractivity contribution in [2.75, 3.05) is 14.2 Å². The van der Waals surface area contributed by atoms with Crippen molar-refractivity contribution < 1.29 is 19.1 Å². The fraction of sp³-hybridized carbons (Fsp3) is 0.371. The maximum Gasteiger partial charge on any atom is 0.143 e. The fourth-order valence-electron chi connectivity index (χ4n) is 5.81. The third-order valence-corrected chi connectivity index (χ3v) is 8.07. The highest BCUT2D eigenvalue weighted by atomic mass is 16.5. The monoisotopic (exact) mass is 578 g/mol. The fourth-order valence-corrected chi connectivity index (χ4v) is 5.81. The van der Waals surface area contributed by atoms with E-state index in [-0.39, 0.29) is 36.2 Å². The van der Waals surface area contributed by atoms with Gasteiger partial charge in [0.05, 0.1) is 49.8 Å². The standard InChI is InChI=1S/C35H38N4O4/c1-42-32-11-5-7-24(19-32)17-30(40)22-28-13-15-34(38-36-28)26-9-3-4-10-27(21-26)35-16-14-29(37-39-35)23-31(41)18-25-8-6-12-33(20-25)43-2/h5-8,11-16,19-20,26-27H,3-4,9-10,17-18,21-23H2,1-2H3/t26-,27-/m0/s1. The van der Waals surface area contributed by atoms with Gasteiger partial charge in [-0.3, -0.25) is 9.59 Å². The molecule has 5 rings (SSSR count). The van der Waals surface area contributed by atoms with Crippen LogP contribution in [0.1, 0.15) is 77.8 Å². The largest absolute Gasteiger partial charge is 0.497 e. The molecule has 0 amide bonds. The van der Waals surface area contributed by atoms with Crippen LogP contribution in [0.3, 0.4) is 0 Å².